The molecule has 1 aliphatic rings. The number of hydrogen-bond donors (Lipinski definition) is 1. The van der Waals surface area contributed by atoms with Crippen LogP contribution in [-0.2, 0) is 6.54 Å². The summed E-state index contributed by atoms with van der Waals surface area (Å²) >= 11 is 0. The highest BCUT2D eigenvalue weighted by atomic mass is 16.5. The number of nitrogens with zero attached hydrogens (tertiary/aromatic N) is 3. The number of ether oxygens (including phenoxy) is 1. The van der Waals surface area contributed by atoms with Crippen LogP contribution in [0.3, 0.4) is 0 Å². The maximum Gasteiger partial charge on any atom is 0.407 e. The molecule has 0 spiro atoms. The Kier molecular flexibility index (Phi) is 5.23. The van der Waals surface area contributed by atoms with Gasteiger partial charge in [0, 0.05) is 32.5 Å². The third-order valence-electron chi connectivity index (χ3n) is 3.61. The standard InChI is InChI=1S/C16H21N3O3/c1-18(2)11-13-7-12(10-17)8-15(9-13)22-14-3-5-19(6-4-14)16(20)21/h7-9,14H,3-6,11H2,1-2H3,(H,20,21). The summed E-state index contributed by atoms with van der Waals surface area (Å²) in [6.45, 7) is 1.72. The largest absolute Gasteiger partial charge is 0.490 e. The Hall–Kier alpha value is -2.26. The Balaban J connectivity index is 2.03. The molecule has 1 saturated heterocycles. The molecule has 1 aromatic carbocycles. The molecule has 1 fully saturated rings. The van der Waals surface area contributed by atoms with Gasteiger partial charge in [0.1, 0.15) is 11.9 Å². The Labute approximate surface area is 130 Å². The van der Waals surface area contributed by atoms with Gasteiger partial charge in [-0.1, -0.05) is 0 Å². The van der Waals surface area contributed by atoms with Gasteiger partial charge < -0.3 is 19.6 Å². The number of likely N-dealkylation sites (tertiary alicyclic amines) is 1. The minimum atomic E-state index is -0.877. The Morgan fingerprint density at radius 3 is 2.64 bits per heavy atom. The minimum absolute atomic E-state index is 0.00301. The van der Waals surface area contributed by atoms with Crippen molar-refractivity contribution < 1.29 is 14.6 Å². The molecule has 0 aromatic heterocycles. The second-order valence-corrected chi connectivity index (χ2v) is 5.80. The summed E-state index contributed by atoms with van der Waals surface area (Å²) in [5, 5.41) is 18.1. The molecule has 0 saturated carbocycles. The summed E-state index contributed by atoms with van der Waals surface area (Å²) < 4.78 is 5.96. The van der Waals surface area contributed by atoms with Crippen molar-refractivity contribution in [3.8, 4) is 11.8 Å². The number of rotatable bonds is 4. The summed E-state index contributed by atoms with van der Waals surface area (Å²) in [5.41, 5.74) is 1.61. The van der Waals surface area contributed by atoms with Gasteiger partial charge in [-0.05, 0) is 37.9 Å². The van der Waals surface area contributed by atoms with E-state index in [1.807, 2.05) is 31.1 Å². The normalized spacial score (nSPS) is 15.6. The first-order chi connectivity index (χ1) is 10.5. The molecule has 0 radical (unpaired) electrons. The van der Waals surface area contributed by atoms with E-state index in [1.165, 1.54) is 4.90 Å². The lowest BCUT2D eigenvalue weighted by atomic mass is 10.1. The molecule has 2 rings (SSSR count). The molecule has 1 aliphatic heterocycles. The molecule has 0 bridgehead atoms. The number of nitriles is 1. The molecule has 0 aliphatic carbocycles. The summed E-state index contributed by atoms with van der Waals surface area (Å²) in [5.74, 6) is 0.685. The lowest BCUT2D eigenvalue weighted by Crippen LogP contribution is -2.41. The van der Waals surface area contributed by atoms with Crippen LogP contribution in [0.5, 0.6) is 5.75 Å². The van der Waals surface area contributed by atoms with Crippen LogP contribution in [0.25, 0.3) is 0 Å². The molecule has 6 nitrogen and oxygen atoms in total. The predicted octanol–water partition coefficient (Wildman–Crippen LogP) is 2.14. The van der Waals surface area contributed by atoms with E-state index in [0.717, 1.165) is 12.1 Å². The highest BCUT2D eigenvalue weighted by molar-refractivity contribution is 5.65. The van der Waals surface area contributed by atoms with Gasteiger partial charge in [0.05, 0.1) is 11.6 Å². The van der Waals surface area contributed by atoms with E-state index in [-0.39, 0.29) is 6.10 Å². The lowest BCUT2D eigenvalue weighted by Gasteiger charge is -2.30. The summed E-state index contributed by atoms with van der Waals surface area (Å²) in [4.78, 5) is 14.3. The molecule has 0 atom stereocenters. The van der Waals surface area contributed by atoms with Gasteiger partial charge in [0.15, 0.2) is 0 Å². The number of amides is 1. The fourth-order valence-corrected chi connectivity index (χ4v) is 2.61. The fraction of sp³-hybridized carbons (Fsp3) is 0.500. The van der Waals surface area contributed by atoms with Crippen molar-refractivity contribution in [1.29, 1.82) is 5.26 Å². The predicted molar refractivity (Wildman–Crippen MR) is 81.8 cm³/mol. The van der Waals surface area contributed by atoms with Gasteiger partial charge in [-0.2, -0.15) is 5.26 Å². The maximum absolute atomic E-state index is 10.9. The van der Waals surface area contributed by atoms with Gasteiger partial charge in [-0.25, -0.2) is 4.79 Å². The van der Waals surface area contributed by atoms with Crippen molar-refractivity contribution in [2.24, 2.45) is 0 Å². The average Bonchev–Trinajstić information content (AvgIpc) is 2.46. The van der Waals surface area contributed by atoms with Crippen molar-refractivity contribution >= 4 is 6.09 Å². The topological polar surface area (TPSA) is 76.8 Å². The van der Waals surface area contributed by atoms with Crippen LogP contribution >= 0.6 is 0 Å². The van der Waals surface area contributed by atoms with Gasteiger partial charge in [0.25, 0.3) is 0 Å². The summed E-state index contributed by atoms with van der Waals surface area (Å²) in [6.07, 6.45) is 0.466. The monoisotopic (exact) mass is 303 g/mol. The van der Waals surface area contributed by atoms with Gasteiger partial charge >= 0.3 is 6.09 Å². The molecule has 1 aromatic rings. The van der Waals surface area contributed by atoms with Crippen LogP contribution in [0.4, 0.5) is 4.79 Å². The number of benzene rings is 1. The van der Waals surface area contributed by atoms with Crippen molar-refractivity contribution in [2.75, 3.05) is 27.2 Å². The van der Waals surface area contributed by atoms with Crippen LogP contribution < -0.4 is 4.74 Å². The van der Waals surface area contributed by atoms with Crippen LogP contribution in [0, 0.1) is 11.3 Å². The van der Waals surface area contributed by atoms with Crippen LogP contribution in [0.15, 0.2) is 18.2 Å². The van der Waals surface area contributed by atoms with Crippen LogP contribution in [-0.4, -0.2) is 54.3 Å². The van der Waals surface area contributed by atoms with E-state index >= 15 is 0 Å². The highest BCUT2D eigenvalue weighted by Gasteiger charge is 2.23. The van der Waals surface area contributed by atoms with E-state index in [0.29, 0.717) is 37.2 Å². The lowest BCUT2D eigenvalue weighted by molar-refractivity contribution is 0.0894. The van der Waals surface area contributed by atoms with E-state index in [2.05, 4.69) is 6.07 Å². The van der Waals surface area contributed by atoms with Crippen LogP contribution in [0.2, 0.25) is 0 Å². The summed E-state index contributed by atoms with van der Waals surface area (Å²) in [6, 6.07) is 7.70. The molecule has 22 heavy (non-hydrogen) atoms. The van der Waals surface area contributed by atoms with Crippen molar-refractivity contribution in [3.05, 3.63) is 29.3 Å². The van der Waals surface area contributed by atoms with Gasteiger partial charge in [0.2, 0.25) is 0 Å². The molecule has 1 amide bonds. The molecule has 118 valence electrons. The SMILES string of the molecule is CN(C)Cc1cc(C#N)cc(OC2CCN(C(=O)O)CC2)c1. The van der Waals surface area contributed by atoms with Crippen LogP contribution in [0.1, 0.15) is 24.0 Å². The first kappa shape index (κ1) is 16.1. The average molecular weight is 303 g/mol. The Morgan fingerprint density at radius 1 is 1.41 bits per heavy atom. The molecular formula is C16H21N3O3. The number of carboxylic acid groups (broad SMARTS) is 1. The van der Waals surface area contributed by atoms with E-state index in [9.17, 15) is 4.79 Å². The zero-order chi connectivity index (χ0) is 16.1. The molecule has 1 N–H and O–H groups in total. The number of piperidine rings is 1. The second-order valence-electron chi connectivity index (χ2n) is 5.80. The van der Waals surface area contributed by atoms with Crippen molar-refractivity contribution in [3.63, 3.8) is 0 Å². The van der Waals surface area contributed by atoms with E-state index in [1.54, 1.807) is 6.07 Å². The quantitative estimate of drug-likeness (QED) is 0.922. The summed E-state index contributed by atoms with van der Waals surface area (Å²) in [7, 11) is 3.95. The zero-order valence-electron chi connectivity index (χ0n) is 13.0. The van der Waals surface area contributed by atoms with Gasteiger partial charge in [-0.15, -0.1) is 0 Å². The van der Waals surface area contributed by atoms with E-state index in [4.69, 9.17) is 15.1 Å². The minimum Gasteiger partial charge on any atom is -0.490 e. The molecule has 1 heterocycles. The number of hydrogen-bond acceptors (Lipinski definition) is 4. The van der Waals surface area contributed by atoms with Crippen molar-refractivity contribution in [1.82, 2.24) is 9.80 Å². The molecule has 6 heteroatoms. The second kappa shape index (κ2) is 7.14. The van der Waals surface area contributed by atoms with Gasteiger partial charge in [-0.3, -0.25) is 0 Å². The highest BCUT2D eigenvalue weighted by Crippen LogP contribution is 2.22. The Bertz CT molecular complexity index is 572. The number of carbonyl (C=O) groups is 1. The third-order valence-corrected chi connectivity index (χ3v) is 3.61. The smallest absolute Gasteiger partial charge is 0.407 e. The van der Waals surface area contributed by atoms with E-state index < -0.39 is 6.09 Å². The maximum atomic E-state index is 10.9. The first-order valence-corrected chi connectivity index (χ1v) is 7.31. The molecule has 0 unspecified atom stereocenters. The Morgan fingerprint density at radius 2 is 2.09 bits per heavy atom. The third kappa shape index (κ3) is 4.37. The fourth-order valence-electron chi connectivity index (χ4n) is 2.61. The first-order valence-electron chi connectivity index (χ1n) is 7.31. The zero-order valence-corrected chi connectivity index (χ0v) is 13.0. The van der Waals surface area contributed by atoms with Crippen molar-refractivity contribution in [2.45, 2.75) is 25.5 Å². The molecular weight excluding hydrogens is 282 g/mol.